The molecule has 0 aliphatic heterocycles. The van der Waals surface area contributed by atoms with Gasteiger partial charge in [-0.15, -0.1) is 0 Å². The van der Waals surface area contributed by atoms with Gasteiger partial charge in [0.2, 0.25) is 5.88 Å². The molecule has 7 heteroatoms. The molecule has 0 aliphatic rings. The molecule has 0 aliphatic carbocycles. The van der Waals surface area contributed by atoms with Gasteiger partial charge < -0.3 is 5.11 Å². The number of unbranched alkanes of at least 4 members (excludes halogenated alkanes) is 1. The molecule has 2 aromatic heterocycles. The number of aromatic nitrogens is 4. The molecule has 0 spiro atoms. The number of hydrogen-bond donors (Lipinski definition) is 1. The first kappa shape index (κ1) is 19.6. The Bertz CT molecular complexity index is 1270. The van der Waals surface area contributed by atoms with Crippen LogP contribution in [-0.4, -0.2) is 30.8 Å². The predicted octanol–water partition coefficient (Wildman–Crippen LogP) is 3.82. The molecule has 0 radical (unpaired) electrons. The number of nitrogens with zero attached hydrogens (tertiary/aromatic N) is 5. The molecule has 7 nitrogen and oxygen atoms in total. The van der Waals surface area contributed by atoms with Gasteiger partial charge in [0.1, 0.15) is 5.82 Å². The van der Waals surface area contributed by atoms with Crippen LogP contribution in [0, 0.1) is 6.92 Å². The molecule has 4 aromatic rings. The fourth-order valence-electron chi connectivity index (χ4n) is 3.33. The summed E-state index contributed by atoms with van der Waals surface area (Å²) in [4.78, 5) is 17.7. The van der Waals surface area contributed by atoms with Crippen LogP contribution in [0.15, 0.2) is 64.5 Å². The summed E-state index contributed by atoms with van der Waals surface area (Å²) in [5, 5.41) is 20.0. The summed E-state index contributed by atoms with van der Waals surface area (Å²) in [7, 11) is 0. The number of aromatic hydroxyl groups is 1. The molecular formula is C23H23N5O2. The summed E-state index contributed by atoms with van der Waals surface area (Å²) in [6.45, 7) is 3.88. The van der Waals surface area contributed by atoms with Gasteiger partial charge in [0, 0.05) is 6.42 Å². The van der Waals surface area contributed by atoms with E-state index < -0.39 is 0 Å². The highest BCUT2D eigenvalue weighted by molar-refractivity contribution is 5.84. The number of aryl methyl sites for hydroxylation is 2. The highest BCUT2D eigenvalue weighted by Gasteiger charge is 2.15. The lowest BCUT2D eigenvalue weighted by Crippen LogP contribution is -2.22. The fourth-order valence-corrected chi connectivity index (χ4v) is 3.33. The summed E-state index contributed by atoms with van der Waals surface area (Å²) in [6, 6.07) is 16.6. The zero-order chi connectivity index (χ0) is 21.1. The zero-order valence-electron chi connectivity index (χ0n) is 17.0. The Kier molecular flexibility index (Phi) is 5.43. The second-order valence-corrected chi connectivity index (χ2v) is 7.08. The Labute approximate surface area is 173 Å². The molecule has 0 atom stereocenters. The van der Waals surface area contributed by atoms with Crippen molar-refractivity contribution >= 4 is 17.1 Å². The molecule has 4 rings (SSSR count). The van der Waals surface area contributed by atoms with E-state index in [0.717, 1.165) is 18.5 Å². The monoisotopic (exact) mass is 401 g/mol. The standard InChI is InChI=1S/C23H23N5O2/c1-3-4-14-21-25-20-13-9-8-12-18(20)22(29)28(21)24-15-19-16(2)26-27(23(19)30)17-10-6-5-7-11-17/h5-13,15,30H,3-4,14H2,1-2H3/b24-15+. The average Bonchev–Trinajstić information content (AvgIpc) is 3.06. The van der Waals surface area contributed by atoms with Crippen molar-refractivity contribution in [2.75, 3.05) is 0 Å². The van der Waals surface area contributed by atoms with E-state index in [1.54, 1.807) is 13.0 Å². The van der Waals surface area contributed by atoms with Crippen LogP contribution < -0.4 is 5.56 Å². The maximum absolute atomic E-state index is 13.1. The predicted molar refractivity (Wildman–Crippen MR) is 118 cm³/mol. The van der Waals surface area contributed by atoms with Gasteiger partial charge in [0.15, 0.2) is 0 Å². The van der Waals surface area contributed by atoms with E-state index in [1.165, 1.54) is 15.6 Å². The van der Waals surface area contributed by atoms with Gasteiger partial charge >= 0.3 is 0 Å². The third-order valence-corrected chi connectivity index (χ3v) is 4.96. The minimum atomic E-state index is -0.226. The number of fused-ring (bicyclic) bond motifs is 1. The first-order chi connectivity index (χ1) is 14.6. The average molecular weight is 401 g/mol. The van der Waals surface area contributed by atoms with Crippen LogP contribution >= 0.6 is 0 Å². The molecular weight excluding hydrogens is 378 g/mol. The molecule has 152 valence electrons. The second kappa shape index (κ2) is 8.32. The van der Waals surface area contributed by atoms with Crippen LogP contribution in [0.5, 0.6) is 5.88 Å². The Morgan fingerprint density at radius 3 is 2.60 bits per heavy atom. The normalized spacial score (nSPS) is 11.5. The zero-order valence-corrected chi connectivity index (χ0v) is 17.0. The van der Waals surface area contributed by atoms with Gasteiger partial charge in [-0.1, -0.05) is 43.7 Å². The van der Waals surface area contributed by atoms with Crippen LogP contribution in [-0.2, 0) is 6.42 Å². The minimum absolute atomic E-state index is 0.0284. The van der Waals surface area contributed by atoms with Crippen molar-refractivity contribution in [2.45, 2.75) is 33.1 Å². The van der Waals surface area contributed by atoms with Crippen LogP contribution in [0.2, 0.25) is 0 Å². The van der Waals surface area contributed by atoms with Gasteiger partial charge in [-0.05, 0) is 37.6 Å². The summed E-state index contributed by atoms with van der Waals surface area (Å²) in [5.41, 5.74) is 2.25. The molecule has 2 aromatic carbocycles. The third-order valence-electron chi connectivity index (χ3n) is 4.96. The molecule has 2 heterocycles. The van der Waals surface area contributed by atoms with E-state index in [9.17, 15) is 9.90 Å². The van der Waals surface area contributed by atoms with E-state index >= 15 is 0 Å². The van der Waals surface area contributed by atoms with Gasteiger partial charge in [-0.3, -0.25) is 4.79 Å². The van der Waals surface area contributed by atoms with Crippen LogP contribution in [0.25, 0.3) is 16.6 Å². The van der Waals surface area contributed by atoms with Crippen molar-refractivity contribution in [3.05, 3.63) is 82.0 Å². The van der Waals surface area contributed by atoms with Crippen molar-refractivity contribution in [3.8, 4) is 11.6 Å². The number of hydrogen-bond acceptors (Lipinski definition) is 5. The quantitative estimate of drug-likeness (QED) is 0.498. The number of para-hydroxylation sites is 2. The summed E-state index contributed by atoms with van der Waals surface area (Å²) < 4.78 is 2.78. The Morgan fingerprint density at radius 1 is 1.10 bits per heavy atom. The lowest BCUT2D eigenvalue weighted by Gasteiger charge is -2.08. The van der Waals surface area contributed by atoms with Crippen molar-refractivity contribution in [1.29, 1.82) is 0 Å². The summed E-state index contributed by atoms with van der Waals surface area (Å²) >= 11 is 0. The molecule has 0 saturated heterocycles. The van der Waals surface area contributed by atoms with E-state index in [1.807, 2.05) is 48.5 Å². The Balaban J connectivity index is 1.80. The summed E-state index contributed by atoms with van der Waals surface area (Å²) in [6.07, 6.45) is 4.00. The number of benzene rings is 2. The van der Waals surface area contributed by atoms with Crippen molar-refractivity contribution < 1.29 is 5.11 Å². The van der Waals surface area contributed by atoms with E-state index in [4.69, 9.17) is 0 Å². The van der Waals surface area contributed by atoms with Crippen LogP contribution in [0.1, 0.15) is 36.8 Å². The lowest BCUT2D eigenvalue weighted by atomic mass is 10.2. The molecule has 1 N–H and O–H groups in total. The first-order valence-corrected chi connectivity index (χ1v) is 9.99. The molecule has 0 unspecified atom stereocenters. The van der Waals surface area contributed by atoms with E-state index in [2.05, 4.69) is 22.1 Å². The fraction of sp³-hybridized carbons (Fsp3) is 0.217. The van der Waals surface area contributed by atoms with Gasteiger partial charge in [0.05, 0.1) is 34.1 Å². The smallest absolute Gasteiger partial charge is 0.282 e. The molecule has 0 amide bonds. The van der Waals surface area contributed by atoms with E-state index in [-0.39, 0.29) is 11.4 Å². The maximum atomic E-state index is 13.1. The van der Waals surface area contributed by atoms with Gasteiger partial charge in [0.25, 0.3) is 5.56 Å². The SMILES string of the molecule is CCCCc1nc2ccccc2c(=O)n1/N=C/c1c(C)nn(-c2ccccc2)c1O. The second-order valence-electron chi connectivity index (χ2n) is 7.08. The maximum Gasteiger partial charge on any atom is 0.282 e. The largest absolute Gasteiger partial charge is 0.493 e. The molecule has 0 fully saturated rings. The molecule has 0 saturated carbocycles. The van der Waals surface area contributed by atoms with Gasteiger partial charge in [-0.25, -0.2) is 9.67 Å². The number of rotatable bonds is 6. The third kappa shape index (κ3) is 3.61. The van der Waals surface area contributed by atoms with Crippen LogP contribution in [0.4, 0.5) is 0 Å². The topological polar surface area (TPSA) is 85.3 Å². The minimum Gasteiger partial charge on any atom is -0.493 e. The lowest BCUT2D eigenvalue weighted by molar-refractivity contribution is 0.433. The Morgan fingerprint density at radius 2 is 1.83 bits per heavy atom. The van der Waals surface area contributed by atoms with Crippen molar-refractivity contribution in [2.24, 2.45) is 5.10 Å². The molecule has 30 heavy (non-hydrogen) atoms. The Hall–Kier alpha value is -3.74. The van der Waals surface area contributed by atoms with E-state index in [0.29, 0.717) is 34.4 Å². The van der Waals surface area contributed by atoms with Crippen molar-refractivity contribution in [1.82, 2.24) is 19.4 Å². The highest BCUT2D eigenvalue weighted by Crippen LogP contribution is 2.23. The van der Waals surface area contributed by atoms with Crippen molar-refractivity contribution in [3.63, 3.8) is 0 Å². The summed E-state index contributed by atoms with van der Waals surface area (Å²) in [5.74, 6) is 0.573. The van der Waals surface area contributed by atoms with Gasteiger partial charge in [-0.2, -0.15) is 14.9 Å². The molecule has 0 bridgehead atoms. The highest BCUT2D eigenvalue weighted by atomic mass is 16.3. The van der Waals surface area contributed by atoms with Crippen LogP contribution in [0.3, 0.4) is 0 Å². The first-order valence-electron chi connectivity index (χ1n) is 9.99.